The Morgan fingerprint density at radius 1 is 1.00 bits per heavy atom. The van der Waals surface area contributed by atoms with Gasteiger partial charge in [0.2, 0.25) is 5.82 Å². The van der Waals surface area contributed by atoms with Gasteiger partial charge in [0.1, 0.15) is 0 Å². The van der Waals surface area contributed by atoms with Gasteiger partial charge in [-0.1, -0.05) is 0 Å². The van der Waals surface area contributed by atoms with Crippen LogP contribution in [0.15, 0.2) is 0 Å². The van der Waals surface area contributed by atoms with Gasteiger partial charge in [0.25, 0.3) is 0 Å². The highest BCUT2D eigenvalue weighted by Crippen LogP contribution is 2.24. The minimum absolute atomic E-state index is 0.937. The molecule has 0 aliphatic rings. The molecule has 0 spiro atoms. The van der Waals surface area contributed by atoms with Gasteiger partial charge in [-0.25, -0.2) is 13.2 Å². The summed E-state index contributed by atoms with van der Waals surface area (Å²) in [5.74, 6) is -7.56. The molecule has 1 aromatic carbocycles. The summed E-state index contributed by atoms with van der Waals surface area (Å²) in [5.41, 5.74) is 0. The molecule has 0 atom stereocenters. The van der Waals surface area contributed by atoms with Crippen molar-refractivity contribution in [1.82, 2.24) is 0 Å². The second-order valence-corrected chi connectivity index (χ2v) is 1.91. The first-order valence-corrected chi connectivity index (χ1v) is 2.87. The van der Waals surface area contributed by atoms with Crippen LogP contribution in [-0.2, 0) is 0 Å². The molecule has 0 aromatic heterocycles. The lowest BCUT2D eigenvalue weighted by Crippen LogP contribution is -1.99. The molecule has 5 heteroatoms. The fraction of sp³-hybridized carbons (Fsp3) is 0.143. The molecule has 65 valence electrons. The van der Waals surface area contributed by atoms with Crippen LogP contribution in [0.5, 0.6) is 5.75 Å². The van der Waals surface area contributed by atoms with Gasteiger partial charge in [0, 0.05) is 0 Å². The molecule has 0 aliphatic heterocycles. The van der Waals surface area contributed by atoms with Crippen LogP contribution in [0.2, 0.25) is 0 Å². The van der Waals surface area contributed by atoms with Crippen molar-refractivity contribution in [3.05, 3.63) is 29.3 Å². The predicted molar refractivity (Wildman–Crippen MR) is 31.7 cm³/mol. The smallest absolute Gasteiger partial charge is 0.206 e. The van der Waals surface area contributed by atoms with Crippen LogP contribution in [0.4, 0.5) is 17.6 Å². The molecule has 1 aromatic rings. The van der Waals surface area contributed by atoms with Gasteiger partial charge >= 0.3 is 0 Å². The fourth-order valence-electron chi connectivity index (χ4n) is 0.680. The molecule has 0 N–H and O–H groups in total. The molecule has 0 saturated heterocycles. The molecule has 0 bridgehead atoms. The van der Waals surface area contributed by atoms with Crippen molar-refractivity contribution in [3.63, 3.8) is 0 Å². The van der Waals surface area contributed by atoms with Gasteiger partial charge in [-0.05, 0) is 0 Å². The molecule has 1 radical (unpaired) electrons. The number of rotatable bonds is 1. The average Bonchev–Trinajstić information content (AvgIpc) is 2.01. The zero-order valence-corrected chi connectivity index (χ0v) is 5.92. The first kappa shape index (κ1) is 8.83. The van der Waals surface area contributed by atoms with Crippen LogP contribution < -0.4 is 4.74 Å². The van der Waals surface area contributed by atoms with E-state index in [9.17, 15) is 17.6 Å². The molecular weight excluding hydrogens is 176 g/mol. The van der Waals surface area contributed by atoms with Crippen LogP contribution in [-0.4, -0.2) is 7.11 Å². The minimum Gasteiger partial charge on any atom is -0.491 e. The summed E-state index contributed by atoms with van der Waals surface area (Å²) in [6.07, 6.45) is 0. The van der Waals surface area contributed by atoms with Crippen LogP contribution >= 0.6 is 0 Å². The molecule has 0 unspecified atom stereocenters. The Hall–Kier alpha value is -1.26. The van der Waals surface area contributed by atoms with Crippen LogP contribution in [0.1, 0.15) is 0 Å². The van der Waals surface area contributed by atoms with E-state index in [4.69, 9.17) is 0 Å². The zero-order chi connectivity index (χ0) is 9.30. The maximum absolute atomic E-state index is 12.5. The van der Waals surface area contributed by atoms with Crippen LogP contribution in [0.3, 0.4) is 0 Å². The standard InChI is InChI=1S/C7H3F4O/c1-12-7-4(9)2-3(8)5(10)6(7)11/h1H3. The van der Waals surface area contributed by atoms with E-state index in [1.54, 1.807) is 0 Å². The van der Waals surface area contributed by atoms with E-state index in [2.05, 4.69) is 4.74 Å². The Labute approximate surface area is 65.6 Å². The summed E-state index contributed by atoms with van der Waals surface area (Å²) in [5, 5.41) is 0. The van der Waals surface area contributed by atoms with Crippen molar-refractivity contribution in [2.45, 2.75) is 0 Å². The van der Waals surface area contributed by atoms with Gasteiger partial charge in [0.05, 0.1) is 13.2 Å². The monoisotopic (exact) mass is 179 g/mol. The molecule has 0 fully saturated rings. The third-order valence-corrected chi connectivity index (χ3v) is 1.21. The van der Waals surface area contributed by atoms with Gasteiger partial charge in [-0.15, -0.1) is 0 Å². The molecule has 0 amide bonds. The van der Waals surface area contributed by atoms with Gasteiger partial charge in [-0.3, -0.25) is 0 Å². The second-order valence-electron chi connectivity index (χ2n) is 1.91. The lowest BCUT2D eigenvalue weighted by Gasteiger charge is -2.03. The Bertz CT molecular complexity index is 311. The summed E-state index contributed by atoms with van der Waals surface area (Å²) in [6.45, 7) is 0. The maximum atomic E-state index is 12.5. The molecule has 0 heterocycles. The molecule has 1 nitrogen and oxygen atoms in total. The average molecular weight is 179 g/mol. The van der Waals surface area contributed by atoms with Crippen molar-refractivity contribution in [2.75, 3.05) is 7.11 Å². The highest BCUT2D eigenvalue weighted by molar-refractivity contribution is 5.27. The highest BCUT2D eigenvalue weighted by atomic mass is 19.2. The van der Waals surface area contributed by atoms with Crippen LogP contribution in [0, 0.1) is 29.3 Å². The Morgan fingerprint density at radius 3 is 2.08 bits per heavy atom. The summed E-state index contributed by atoms with van der Waals surface area (Å²) in [6, 6.07) is 1.33. The number of ether oxygens (including phenoxy) is 1. The summed E-state index contributed by atoms with van der Waals surface area (Å²) in [7, 11) is 0.937. The first-order valence-electron chi connectivity index (χ1n) is 2.87. The maximum Gasteiger partial charge on any atom is 0.206 e. The fourth-order valence-corrected chi connectivity index (χ4v) is 0.680. The van der Waals surface area contributed by atoms with Gasteiger partial charge < -0.3 is 4.74 Å². The van der Waals surface area contributed by atoms with E-state index >= 15 is 0 Å². The number of halogens is 4. The third kappa shape index (κ3) is 1.22. The number of hydrogen-bond donors (Lipinski definition) is 0. The summed E-state index contributed by atoms with van der Waals surface area (Å²) in [4.78, 5) is 0. The van der Waals surface area contributed by atoms with Crippen LogP contribution in [0.25, 0.3) is 0 Å². The Kier molecular flexibility index (Phi) is 2.21. The quantitative estimate of drug-likeness (QED) is 0.364. The molecule has 12 heavy (non-hydrogen) atoms. The lowest BCUT2D eigenvalue weighted by atomic mass is 10.3. The lowest BCUT2D eigenvalue weighted by molar-refractivity contribution is 0.334. The van der Waals surface area contributed by atoms with E-state index in [0.29, 0.717) is 0 Å². The molecule has 1 rings (SSSR count). The second kappa shape index (κ2) is 3.00. The van der Waals surface area contributed by atoms with E-state index < -0.39 is 29.0 Å². The first-order chi connectivity index (χ1) is 5.57. The third-order valence-electron chi connectivity index (χ3n) is 1.21. The van der Waals surface area contributed by atoms with Crippen molar-refractivity contribution in [1.29, 1.82) is 0 Å². The number of methoxy groups -OCH3 is 1. The number of benzene rings is 1. The normalized spacial score (nSPS) is 10.1. The predicted octanol–water partition coefficient (Wildman–Crippen LogP) is 2.05. The van der Waals surface area contributed by atoms with Crippen molar-refractivity contribution in [2.24, 2.45) is 0 Å². The molecule has 0 aliphatic carbocycles. The minimum atomic E-state index is -1.80. The van der Waals surface area contributed by atoms with Crippen molar-refractivity contribution >= 4 is 0 Å². The van der Waals surface area contributed by atoms with E-state index in [-0.39, 0.29) is 0 Å². The SMILES string of the molecule is COc1c(F)[c]c(F)c(F)c1F. The molecule has 0 saturated carbocycles. The Balaban J connectivity index is 3.40. The van der Waals surface area contributed by atoms with Gasteiger partial charge in [0.15, 0.2) is 23.2 Å². The van der Waals surface area contributed by atoms with E-state index in [0.717, 1.165) is 7.11 Å². The number of hydrogen-bond acceptors (Lipinski definition) is 1. The van der Waals surface area contributed by atoms with E-state index in [1.165, 1.54) is 6.07 Å². The van der Waals surface area contributed by atoms with Gasteiger partial charge in [-0.2, -0.15) is 4.39 Å². The largest absolute Gasteiger partial charge is 0.491 e. The van der Waals surface area contributed by atoms with E-state index in [1.807, 2.05) is 0 Å². The topological polar surface area (TPSA) is 9.23 Å². The summed E-state index contributed by atoms with van der Waals surface area (Å²) >= 11 is 0. The van der Waals surface area contributed by atoms with Crippen molar-refractivity contribution < 1.29 is 22.3 Å². The summed E-state index contributed by atoms with van der Waals surface area (Å²) < 4.78 is 53.6. The Morgan fingerprint density at radius 2 is 1.58 bits per heavy atom. The zero-order valence-electron chi connectivity index (χ0n) is 5.92. The van der Waals surface area contributed by atoms with Crippen molar-refractivity contribution in [3.8, 4) is 5.75 Å². The molecular formula is C7H3F4O. The highest BCUT2D eigenvalue weighted by Gasteiger charge is 2.19.